The number of nitrogens with zero attached hydrogens (tertiary/aromatic N) is 3. The van der Waals surface area contributed by atoms with E-state index in [0.717, 1.165) is 0 Å². The molecule has 10 heteroatoms. The number of aromatic amines is 1. The molecule has 0 spiro atoms. The number of benzene rings is 1. The Morgan fingerprint density at radius 1 is 1.39 bits per heavy atom. The molecule has 0 atom stereocenters. The standard InChI is InChI=1S/C13H10ClFN6O2/c14-9-10(19-20-11(9)16)13(22)17-5-8-18-12(21-23-8)6-1-3-7(15)4-2-6/h1-4H,5H2,(H,17,22)(H3,16,19,20). The molecule has 0 fully saturated rings. The van der Waals surface area contributed by atoms with Crippen LogP contribution in [0.15, 0.2) is 28.8 Å². The van der Waals surface area contributed by atoms with Crippen LogP contribution in [0.4, 0.5) is 10.2 Å². The molecule has 1 aromatic carbocycles. The molecule has 1 amide bonds. The molecule has 8 nitrogen and oxygen atoms in total. The minimum atomic E-state index is -0.513. The molecule has 0 radical (unpaired) electrons. The first kappa shape index (κ1) is 15.0. The summed E-state index contributed by atoms with van der Waals surface area (Å²) in [5.74, 6) is -0.367. The van der Waals surface area contributed by atoms with Crippen molar-refractivity contribution in [3.05, 3.63) is 46.7 Å². The quantitative estimate of drug-likeness (QED) is 0.667. The van der Waals surface area contributed by atoms with Gasteiger partial charge in [0.1, 0.15) is 16.5 Å². The molecular formula is C13H10ClFN6O2. The summed E-state index contributed by atoms with van der Waals surface area (Å²) in [5.41, 5.74) is 6.08. The minimum absolute atomic E-state index is 0.0116. The van der Waals surface area contributed by atoms with Crippen LogP contribution >= 0.6 is 11.6 Å². The maximum Gasteiger partial charge on any atom is 0.271 e. The number of nitrogens with one attached hydrogen (secondary N) is 2. The van der Waals surface area contributed by atoms with Crippen LogP contribution in [-0.2, 0) is 6.54 Å². The summed E-state index contributed by atoms with van der Waals surface area (Å²) in [6.45, 7) is -0.0116. The number of aromatic nitrogens is 4. The zero-order valence-electron chi connectivity index (χ0n) is 11.5. The zero-order valence-corrected chi connectivity index (χ0v) is 12.3. The summed E-state index contributed by atoms with van der Waals surface area (Å²) in [5, 5.41) is 12.4. The highest BCUT2D eigenvalue weighted by Gasteiger charge is 2.17. The van der Waals surface area contributed by atoms with Gasteiger partial charge in [-0.1, -0.05) is 16.8 Å². The van der Waals surface area contributed by atoms with E-state index in [1.807, 2.05) is 0 Å². The van der Waals surface area contributed by atoms with Crippen molar-refractivity contribution in [2.75, 3.05) is 5.73 Å². The maximum absolute atomic E-state index is 12.9. The van der Waals surface area contributed by atoms with Crippen LogP contribution in [0.5, 0.6) is 0 Å². The summed E-state index contributed by atoms with van der Waals surface area (Å²) >= 11 is 5.82. The van der Waals surface area contributed by atoms with Crippen LogP contribution in [0.1, 0.15) is 16.4 Å². The lowest BCUT2D eigenvalue weighted by molar-refractivity contribution is 0.0941. The Hall–Kier alpha value is -2.94. The van der Waals surface area contributed by atoms with E-state index in [-0.39, 0.29) is 40.6 Å². The van der Waals surface area contributed by atoms with Crippen LogP contribution < -0.4 is 11.1 Å². The first-order valence-electron chi connectivity index (χ1n) is 6.40. The molecule has 2 heterocycles. The molecule has 0 saturated heterocycles. The molecule has 3 rings (SSSR count). The molecule has 0 unspecified atom stereocenters. The van der Waals surface area contributed by atoms with E-state index in [0.29, 0.717) is 5.56 Å². The monoisotopic (exact) mass is 336 g/mol. The van der Waals surface area contributed by atoms with Gasteiger partial charge in [0.2, 0.25) is 11.7 Å². The number of nitrogens with two attached hydrogens (primary N) is 1. The highest BCUT2D eigenvalue weighted by Crippen LogP contribution is 2.20. The zero-order chi connectivity index (χ0) is 16.4. The number of amides is 1. The average Bonchev–Trinajstić information content (AvgIpc) is 3.14. The molecule has 0 aliphatic carbocycles. The molecule has 0 saturated carbocycles. The number of hydrogen-bond donors (Lipinski definition) is 3. The summed E-state index contributed by atoms with van der Waals surface area (Å²) in [7, 11) is 0. The van der Waals surface area contributed by atoms with Gasteiger partial charge in [-0.2, -0.15) is 10.1 Å². The highest BCUT2D eigenvalue weighted by molar-refractivity contribution is 6.35. The van der Waals surface area contributed by atoms with E-state index in [1.54, 1.807) is 0 Å². The Labute approximate surface area is 133 Å². The van der Waals surface area contributed by atoms with Gasteiger partial charge in [-0.15, -0.1) is 0 Å². The van der Waals surface area contributed by atoms with Gasteiger partial charge in [0.05, 0.1) is 6.54 Å². The predicted molar refractivity (Wildman–Crippen MR) is 78.9 cm³/mol. The molecule has 4 N–H and O–H groups in total. The molecule has 118 valence electrons. The molecule has 0 aliphatic heterocycles. The van der Waals surface area contributed by atoms with Crippen molar-refractivity contribution in [2.24, 2.45) is 0 Å². The lowest BCUT2D eigenvalue weighted by atomic mass is 10.2. The Morgan fingerprint density at radius 2 is 2.13 bits per heavy atom. The largest absolute Gasteiger partial charge is 0.381 e. The van der Waals surface area contributed by atoms with Gasteiger partial charge in [-0.05, 0) is 24.3 Å². The third kappa shape index (κ3) is 3.14. The Kier molecular flexibility index (Phi) is 3.94. The van der Waals surface area contributed by atoms with Crippen LogP contribution in [0, 0.1) is 5.82 Å². The lowest BCUT2D eigenvalue weighted by Gasteiger charge is -1.99. The molecule has 3 aromatic rings. The number of nitrogen functional groups attached to an aromatic ring is 1. The van der Waals surface area contributed by atoms with Crippen LogP contribution in [0.2, 0.25) is 5.02 Å². The van der Waals surface area contributed by atoms with Crippen LogP contribution in [-0.4, -0.2) is 26.2 Å². The summed E-state index contributed by atoms with van der Waals surface area (Å²) < 4.78 is 17.9. The fraction of sp³-hybridized carbons (Fsp3) is 0.0769. The fourth-order valence-corrected chi connectivity index (χ4v) is 1.95. The topological polar surface area (TPSA) is 123 Å². The Morgan fingerprint density at radius 3 is 2.78 bits per heavy atom. The Balaban J connectivity index is 1.66. The van der Waals surface area contributed by atoms with E-state index in [2.05, 4.69) is 25.7 Å². The van der Waals surface area contributed by atoms with Gasteiger partial charge in [0.25, 0.3) is 5.91 Å². The summed E-state index contributed by atoms with van der Waals surface area (Å²) in [4.78, 5) is 16.0. The van der Waals surface area contributed by atoms with E-state index >= 15 is 0 Å². The van der Waals surface area contributed by atoms with Crippen molar-refractivity contribution in [2.45, 2.75) is 6.54 Å². The van der Waals surface area contributed by atoms with Crippen LogP contribution in [0.25, 0.3) is 11.4 Å². The van der Waals surface area contributed by atoms with Gasteiger partial charge in [-0.25, -0.2) is 4.39 Å². The number of hydrogen-bond acceptors (Lipinski definition) is 6. The minimum Gasteiger partial charge on any atom is -0.381 e. The van der Waals surface area contributed by atoms with Crippen molar-refractivity contribution in [3.63, 3.8) is 0 Å². The smallest absolute Gasteiger partial charge is 0.271 e. The number of rotatable bonds is 4. The van der Waals surface area contributed by atoms with E-state index in [4.69, 9.17) is 21.9 Å². The third-order valence-electron chi connectivity index (χ3n) is 2.93. The molecule has 0 aliphatic rings. The highest BCUT2D eigenvalue weighted by atomic mass is 35.5. The number of H-pyrrole nitrogens is 1. The second-order valence-electron chi connectivity index (χ2n) is 4.50. The lowest BCUT2D eigenvalue weighted by Crippen LogP contribution is -2.23. The maximum atomic E-state index is 12.9. The summed E-state index contributed by atoms with van der Waals surface area (Å²) in [6, 6.07) is 5.63. The second-order valence-corrected chi connectivity index (χ2v) is 4.88. The van der Waals surface area contributed by atoms with E-state index in [1.165, 1.54) is 24.3 Å². The first-order chi connectivity index (χ1) is 11.0. The molecular weight excluding hydrogens is 327 g/mol. The van der Waals surface area contributed by atoms with Crippen molar-refractivity contribution in [1.29, 1.82) is 0 Å². The second kappa shape index (κ2) is 6.05. The van der Waals surface area contributed by atoms with Crippen molar-refractivity contribution >= 4 is 23.3 Å². The third-order valence-corrected chi connectivity index (χ3v) is 3.31. The van der Waals surface area contributed by atoms with Gasteiger partial charge in [0.15, 0.2) is 5.82 Å². The average molecular weight is 337 g/mol. The van der Waals surface area contributed by atoms with Crippen molar-refractivity contribution in [3.8, 4) is 11.4 Å². The first-order valence-corrected chi connectivity index (χ1v) is 6.78. The molecule has 23 heavy (non-hydrogen) atoms. The molecule has 0 bridgehead atoms. The molecule has 2 aromatic heterocycles. The predicted octanol–water partition coefficient (Wildman–Crippen LogP) is 1.76. The van der Waals surface area contributed by atoms with Gasteiger partial charge >= 0.3 is 0 Å². The van der Waals surface area contributed by atoms with Gasteiger partial charge in [-0.3, -0.25) is 9.89 Å². The number of carbonyl (C=O) groups excluding carboxylic acids is 1. The fourth-order valence-electron chi connectivity index (χ4n) is 1.78. The number of carbonyl (C=O) groups is 1. The number of halogens is 2. The van der Waals surface area contributed by atoms with Gasteiger partial charge < -0.3 is 15.6 Å². The van der Waals surface area contributed by atoms with Gasteiger partial charge in [0, 0.05) is 5.56 Å². The normalized spacial score (nSPS) is 10.7. The SMILES string of the molecule is Nc1n[nH]c(C(=O)NCc2nc(-c3ccc(F)cc3)no2)c1Cl. The van der Waals surface area contributed by atoms with E-state index in [9.17, 15) is 9.18 Å². The van der Waals surface area contributed by atoms with Crippen molar-refractivity contribution < 1.29 is 13.7 Å². The number of anilines is 1. The Bertz CT molecular complexity index is 845. The van der Waals surface area contributed by atoms with E-state index < -0.39 is 5.91 Å². The van der Waals surface area contributed by atoms with Crippen LogP contribution in [0.3, 0.4) is 0 Å². The summed E-state index contributed by atoms with van der Waals surface area (Å²) in [6.07, 6.45) is 0. The van der Waals surface area contributed by atoms with Crippen molar-refractivity contribution in [1.82, 2.24) is 25.7 Å².